The predicted octanol–water partition coefficient (Wildman–Crippen LogP) is 4.02. The first-order chi connectivity index (χ1) is 11.1. The van der Waals surface area contributed by atoms with Gasteiger partial charge in [0.05, 0.1) is 10.9 Å². The first kappa shape index (κ1) is 15.6. The van der Waals surface area contributed by atoms with E-state index >= 15 is 0 Å². The van der Waals surface area contributed by atoms with Gasteiger partial charge in [-0.25, -0.2) is 9.07 Å². The second-order valence-electron chi connectivity index (χ2n) is 5.34. The van der Waals surface area contributed by atoms with Crippen molar-refractivity contribution >= 4 is 10.8 Å². The van der Waals surface area contributed by atoms with Crippen molar-refractivity contribution in [3.8, 4) is 5.69 Å². The SMILES string of the molecule is C[C@@H](c1ccc(F)cc1)[S@](=O)Cc1ccc(-n2cccn2)cc1. The molecule has 0 N–H and O–H groups in total. The minimum Gasteiger partial charge on any atom is -0.259 e. The van der Waals surface area contributed by atoms with Gasteiger partial charge in [-0.2, -0.15) is 5.10 Å². The molecule has 5 heteroatoms. The molecular formula is C18H17FN2OS. The molecule has 0 aliphatic heterocycles. The Morgan fingerprint density at radius 1 is 1.13 bits per heavy atom. The van der Waals surface area contributed by atoms with Crippen molar-refractivity contribution < 1.29 is 8.60 Å². The van der Waals surface area contributed by atoms with Gasteiger partial charge < -0.3 is 0 Å². The van der Waals surface area contributed by atoms with Crippen molar-refractivity contribution in [3.63, 3.8) is 0 Å². The predicted molar refractivity (Wildman–Crippen MR) is 90.2 cm³/mol. The molecule has 1 aromatic heterocycles. The maximum atomic E-state index is 13.0. The van der Waals surface area contributed by atoms with E-state index in [9.17, 15) is 8.60 Å². The average molecular weight is 328 g/mol. The van der Waals surface area contributed by atoms with Crippen LogP contribution in [0.1, 0.15) is 23.3 Å². The largest absolute Gasteiger partial charge is 0.259 e. The van der Waals surface area contributed by atoms with Gasteiger partial charge >= 0.3 is 0 Å². The Morgan fingerprint density at radius 3 is 2.43 bits per heavy atom. The van der Waals surface area contributed by atoms with Crippen LogP contribution in [-0.4, -0.2) is 14.0 Å². The van der Waals surface area contributed by atoms with E-state index in [1.807, 2.05) is 43.5 Å². The molecule has 3 aromatic rings. The number of aromatic nitrogens is 2. The molecule has 2 aromatic carbocycles. The van der Waals surface area contributed by atoms with Crippen molar-refractivity contribution in [1.82, 2.24) is 9.78 Å². The summed E-state index contributed by atoms with van der Waals surface area (Å²) in [6, 6.07) is 15.9. The topological polar surface area (TPSA) is 34.9 Å². The molecule has 2 atom stereocenters. The zero-order valence-electron chi connectivity index (χ0n) is 12.7. The summed E-state index contributed by atoms with van der Waals surface area (Å²) in [5, 5.41) is 4.04. The van der Waals surface area contributed by atoms with Gasteiger partial charge in [0, 0.05) is 28.9 Å². The molecule has 0 spiro atoms. The maximum Gasteiger partial charge on any atom is 0.123 e. The molecule has 1 heterocycles. The molecule has 0 saturated carbocycles. The Kier molecular flexibility index (Phi) is 4.67. The van der Waals surface area contributed by atoms with Crippen LogP contribution in [0.2, 0.25) is 0 Å². The fourth-order valence-corrected chi connectivity index (χ4v) is 3.57. The van der Waals surface area contributed by atoms with Crippen molar-refractivity contribution in [1.29, 1.82) is 0 Å². The smallest absolute Gasteiger partial charge is 0.123 e. The molecule has 0 amide bonds. The lowest BCUT2D eigenvalue weighted by Gasteiger charge is -2.12. The molecule has 0 fully saturated rings. The molecule has 3 rings (SSSR count). The molecule has 0 unspecified atom stereocenters. The van der Waals surface area contributed by atoms with Gasteiger partial charge in [-0.15, -0.1) is 0 Å². The van der Waals surface area contributed by atoms with E-state index in [1.54, 1.807) is 23.0 Å². The molecule has 0 bridgehead atoms. The number of hydrogen-bond donors (Lipinski definition) is 0. The van der Waals surface area contributed by atoms with Crippen molar-refractivity contribution in [2.75, 3.05) is 0 Å². The van der Waals surface area contributed by atoms with E-state index in [2.05, 4.69) is 5.10 Å². The second-order valence-corrected chi connectivity index (χ2v) is 7.09. The van der Waals surface area contributed by atoms with Crippen LogP contribution in [0, 0.1) is 5.82 Å². The van der Waals surface area contributed by atoms with Crippen molar-refractivity contribution in [2.24, 2.45) is 0 Å². The van der Waals surface area contributed by atoms with Crippen LogP contribution in [0.5, 0.6) is 0 Å². The van der Waals surface area contributed by atoms with E-state index in [0.717, 1.165) is 16.8 Å². The maximum absolute atomic E-state index is 13.0. The van der Waals surface area contributed by atoms with E-state index in [1.165, 1.54) is 12.1 Å². The fourth-order valence-electron chi connectivity index (χ4n) is 2.34. The van der Waals surface area contributed by atoms with Crippen LogP contribution in [-0.2, 0) is 16.6 Å². The summed E-state index contributed by atoms with van der Waals surface area (Å²) < 4.78 is 27.3. The summed E-state index contributed by atoms with van der Waals surface area (Å²) in [7, 11) is -1.06. The van der Waals surface area contributed by atoms with Crippen molar-refractivity contribution in [3.05, 3.63) is 83.9 Å². The zero-order chi connectivity index (χ0) is 16.2. The van der Waals surface area contributed by atoms with Crippen LogP contribution in [0.4, 0.5) is 4.39 Å². The molecule has 23 heavy (non-hydrogen) atoms. The fraction of sp³-hybridized carbons (Fsp3) is 0.167. The Labute approximate surface area is 137 Å². The van der Waals surface area contributed by atoms with Gasteiger partial charge in [-0.05, 0) is 48.4 Å². The minimum absolute atomic E-state index is 0.138. The zero-order valence-corrected chi connectivity index (χ0v) is 13.5. The van der Waals surface area contributed by atoms with Crippen LogP contribution in [0.25, 0.3) is 5.69 Å². The molecule has 0 aliphatic rings. The Balaban J connectivity index is 1.69. The number of nitrogens with zero attached hydrogens (tertiary/aromatic N) is 2. The molecular weight excluding hydrogens is 311 g/mol. The molecule has 0 aliphatic carbocycles. The van der Waals surface area contributed by atoms with Crippen molar-refractivity contribution in [2.45, 2.75) is 17.9 Å². The van der Waals surface area contributed by atoms with Crippen LogP contribution >= 0.6 is 0 Å². The Hall–Kier alpha value is -2.27. The standard InChI is InChI=1S/C18H17FN2OS/c1-14(16-5-7-17(19)8-6-16)23(22)13-15-3-9-18(10-4-15)21-12-2-11-20-21/h2-12,14H,13H2,1H3/t14-,23+/m0/s1. The summed E-state index contributed by atoms with van der Waals surface area (Å²) in [6.07, 6.45) is 3.61. The van der Waals surface area contributed by atoms with Gasteiger partial charge in [-0.1, -0.05) is 24.3 Å². The number of rotatable bonds is 5. The third-order valence-corrected chi connectivity index (χ3v) is 5.43. The van der Waals surface area contributed by atoms with Gasteiger partial charge in [0.2, 0.25) is 0 Å². The number of halogens is 1. The lowest BCUT2D eigenvalue weighted by molar-refractivity contribution is 0.626. The first-order valence-electron chi connectivity index (χ1n) is 7.35. The summed E-state index contributed by atoms with van der Waals surface area (Å²) in [4.78, 5) is 0. The third-order valence-electron chi connectivity index (χ3n) is 3.75. The van der Waals surface area contributed by atoms with E-state index in [4.69, 9.17) is 0 Å². The average Bonchev–Trinajstić information content (AvgIpc) is 3.10. The number of benzene rings is 2. The highest BCUT2D eigenvalue weighted by Crippen LogP contribution is 2.22. The molecule has 3 nitrogen and oxygen atoms in total. The van der Waals surface area contributed by atoms with Gasteiger partial charge in [0.15, 0.2) is 0 Å². The summed E-state index contributed by atoms with van der Waals surface area (Å²) in [5.74, 6) is 0.193. The lowest BCUT2D eigenvalue weighted by Crippen LogP contribution is -2.05. The lowest BCUT2D eigenvalue weighted by atomic mass is 10.2. The Morgan fingerprint density at radius 2 is 1.83 bits per heavy atom. The molecule has 118 valence electrons. The Bertz CT molecular complexity index is 783. The highest BCUT2D eigenvalue weighted by molar-refractivity contribution is 7.84. The second kappa shape index (κ2) is 6.87. The van der Waals surface area contributed by atoms with Gasteiger partial charge in [-0.3, -0.25) is 4.21 Å². The highest BCUT2D eigenvalue weighted by Gasteiger charge is 2.14. The number of hydrogen-bond acceptors (Lipinski definition) is 2. The molecule has 0 radical (unpaired) electrons. The third kappa shape index (κ3) is 3.74. The normalized spacial score (nSPS) is 13.7. The van der Waals surface area contributed by atoms with E-state index < -0.39 is 10.8 Å². The quantitative estimate of drug-likeness (QED) is 0.709. The monoisotopic (exact) mass is 328 g/mol. The minimum atomic E-state index is -1.06. The summed E-state index contributed by atoms with van der Waals surface area (Å²) in [6.45, 7) is 1.90. The highest BCUT2D eigenvalue weighted by atomic mass is 32.2. The van der Waals surface area contributed by atoms with E-state index in [0.29, 0.717) is 5.75 Å². The van der Waals surface area contributed by atoms with Crippen LogP contribution in [0.3, 0.4) is 0 Å². The summed E-state index contributed by atoms with van der Waals surface area (Å²) in [5.41, 5.74) is 2.86. The van der Waals surface area contributed by atoms with E-state index in [-0.39, 0.29) is 11.1 Å². The summed E-state index contributed by atoms with van der Waals surface area (Å²) >= 11 is 0. The molecule has 0 saturated heterocycles. The van der Waals surface area contributed by atoms with Crippen LogP contribution in [0.15, 0.2) is 67.0 Å². The van der Waals surface area contributed by atoms with Gasteiger partial charge in [0.1, 0.15) is 5.82 Å². The van der Waals surface area contributed by atoms with Gasteiger partial charge in [0.25, 0.3) is 0 Å². The first-order valence-corrected chi connectivity index (χ1v) is 8.73. The van der Waals surface area contributed by atoms with Crippen LogP contribution < -0.4 is 0 Å².